The van der Waals surface area contributed by atoms with Crippen molar-refractivity contribution in [2.24, 2.45) is 0 Å². The molecule has 0 aliphatic heterocycles. The highest BCUT2D eigenvalue weighted by Crippen LogP contribution is 2.26. The van der Waals surface area contributed by atoms with Crippen molar-refractivity contribution >= 4 is 11.8 Å². The highest BCUT2D eigenvalue weighted by Gasteiger charge is 2.05. The zero-order valence-corrected chi connectivity index (χ0v) is 11.8. The van der Waals surface area contributed by atoms with Crippen LogP contribution >= 0.6 is 11.8 Å². The molecule has 0 bridgehead atoms. The van der Waals surface area contributed by atoms with Gasteiger partial charge in [-0.3, -0.25) is 0 Å². The van der Waals surface area contributed by atoms with E-state index in [1.54, 1.807) is 0 Å². The standard InChI is InChI=1S/C14H19NO2S/c1-3-16-13-7-8-14(17-4-2)12(10-13)6-5-9-18-11-15/h7-8,10H,3-6,9H2,1-2H3. The van der Waals surface area contributed by atoms with Crippen LogP contribution in [0.4, 0.5) is 0 Å². The Hall–Kier alpha value is -1.34. The molecule has 0 unspecified atom stereocenters. The summed E-state index contributed by atoms with van der Waals surface area (Å²) in [7, 11) is 0. The van der Waals surface area contributed by atoms with Crippen molar-refractivity contribution in [3.05, 3.63) is 23.8 Å². The molecule has 0 atom stereocenters. The summed E-state index contributed by atoms with van der Waals surface area (Å²) in [5.41, 5.74) is 1.15. The topological polar surface area (TPSA) is 42.2 Å². The van der Waals surface area contributed by atoms with Crippen LogP contribution in [0.15, 0.2) is 18.2 Å². The molecule has 0 N–H and O–H groups in total. The Morgan fingerprint density at radius 1 is 1.22 bits per heavy atom. The number of benzene rings is 1. The zero-order chi connectivity index (χ0) is 13.2. The predicted octanol–water partition coefficient (Wildman–Crippen LogP) is 3.63. The summed E-state index contributed by atoms with van der Waals surface area (Å²) in [6.07, 6.45) is 1.87. The molecule has 0 aromatic heterocycles. The van der Waals surface area contributed by atoms with Crippen molar-refractivity contribution in [2.45, 2.75) is 26.7 Å². The lowest BCUT2D eigenvalue weighted by molar-refractivity contribution is 0.327. The Labute approximate surface area is 113 Å². The first-order chi connectivity index (χ1) is 8.81. The lowest BCUT2D eigenvalue weighted by Crippen LogP contribution is -1.99. The van der Waals surface area contributed by atoms with Crippen LogP contribution in [0.5, 0.6) is 11.5 Å². The van der Waals surface area contributed by atoms with E-state index < -0.39 is 0 Å². The second-order valence-corrected chi connectivity index (χ2v) is 4.56. The largest absolute Gasteiger partial charge is 0.494 e. The molecule has 0 radical (unpaired) electrons. The third kappa shape index (κ3) is 4.89. The van der Waals surface area contributed by atoms with Gasteiger partial charge in [0.15, 0.2) is 0 Å². The molecule has 1 aromatic rings. The summed E-state index contributed by atoms with van der Waals surface area (Å²) in [5, 5.41) is 10.6. The summed E-state index contributed by atoms with van der Waals surface area (Å²) in [4.78, 5) is 0. The number of hydrogen-bond donors (Lipinski definition) is 0. The molecular formula is C14H19NO2S. The summed E-state index contributed by atoms with van der Waals surface area (Å²) in [6, 6.07) is 5.93. The first-order valence-corrected chi connectivity index (χ1v) is 7.19. The van der Waals surface area contributed by atoms with Crippen LogP contribution < -0.4 is 9.47 Å². The van der Waals surface area contributed by atoms with Gasteiger partial charge in [-0.05, 0) is 62.2 Å². The minimum absolute atomic E-state index is 0.661. The molecular weight excluding hydrogens is 246 g/mol. The molecule has 0 spiro atoms. The van der Waals surface area contributed by atoms with Crippen molar-refractivity contribution in [1.82, 2.24) is 0 Å². The molecule has 3 nitrogen and oxygen atoms in total. The van der Waals surface area contributed by atoms with Gasteiger partial charge in [0.05, 0.1) is 13.2 Å². The van der Waals surface area contributed by atoms with Gasteiger partial charge in [-0.25, -0.2) is 0 Å². The fourth-order valence-corrected chi connectivity index (χ4v) is 2.06. The van der Waals surface area contributed by atoms with Crippen LogP contribution in [0, 0.1) is 10.7 Å². The van der Waals surface area contributed by atoms with Gasteiger partial charge in [0.1, 0.15) is 16.9 Å². The highest BCUT2D eigenvalue weighted by molar-refractivity contribution is 8.03. The van der Waals surface area contributed by atoms with Crippen molar-refractivity contribution in [3.8, 4) is 16.9 Å². The van der Waals surface area contributed by atoms with Gasteiger partial charge in [-0.2, -0.15) is 5.26 Å². The van der Waals surface area contributed by atoms with Gasteiger partial charge < -0.3 is 9.47 Å². The maximum absolute atomic E-state index is 8.48. The van der Waals surface area contributed by atoms with Crippen LogP contribution in [-0.4, -0.2) is 19.0 Å². The smallest absolute Gasteiger partial charge is 0.133 e. The summed E-state index contributed by atoms with van der Waals surface area (Å²) >= 11 is 1.29. The van der Waals surface area contributed by atoms with E-state index in [1.165, 1.54) is 11.8 Å². The van der Waals surface area contributed by atoms with Crippen LogP contribution in [0.3, 0.4) is 0 Å². The molecule has 98 valence electrons. The summed E-state index contributed by atoms with van der Waals surface area (Å²) < 4.78 is 11.1. The van der Waals surface area contributed by atoms with E-state index in [1.807, 2.05) is 32.0 Å². The number of ether oxygens (including phenoxy) is 2. The van der Waals surface area contributed by atoms with Crippen LogP contribution in [0.25, 0.3) is 0 Å². The molecule has 0 amide bonds. The average Bonchev–Trinajstić information content (AvgIpc) is 2.38. The third-order valence-corrected chi connectivity index (χ3v) is 3.02. The third-order valence-electron chi connectivity index (χ3n) is 2.40. The Balaban J connectivity index is 2.69. The number of thioether (sulfide) groups is 1. The van der Waals surface area contributed by atoms with E-state index in [0.29, 0.717) is 13.2 Å². The minimum Gasteiger partial charge on any atom is -0.494 e. The van der Waals surface area contributed by atoms with E-state index in [4.69, 9.17) is 14.7 Å². The minimum atomic E-state index is 0.661. The molecule has 0 aliphatic carbocycles. The molecule has 0 heterocycles. The van der Waals surface area contributed by atoms with Crippen molar-refractivity contribution in [2.75, 3.05) is 19.0 Å². The van der Waals surface area contributed by atoms with E-state index >= 15 is 0 Å². The lowest BCUT2D eigenvalue weighted by Gasteiger charge is -2.12. The normalized spacial score (nSPS) is 9.83. The van der Waals surface area contributed by atoms with E-state index in [2.05, 4.69) is 5.40 Å². The van der Waals surface area contributed by atoms with Crippen molar-refractivity contribution in [3.63, 3.8) is 0 Å². The molecule has 4 heteroatoms. The maximum Gasteiger partial charge on any atom is 0.133 e. The van der Waals surface area contributed by atoms with Gasteiger partial charge in [0.2, 0.25) is 0 Å². The number of rotatable bonds is 8. The quantitative estimate of drug-likeness (QED) is 0.531. The van der Waals surface area contributed by atoms with Gasteiger partial charge in [-0.15, -0.1) is 0 Å². The van der Waals surface area contributed by atoms with Crippen LogP contribution in [0.1, 0.15) is 25.8 Å². The fourth-order valence-electron chi connectivity index (χ4n) is 1.68. The predicted molar refractivity (Wildman–Crippen MR) is 75.2 cm³/mol. The number of aryl methyl sites for hydroxylation is 1. The Kier molecular flexibility index (Phi) is 7.12. The van der Waals surface area contributed by atoms with Crippen LogP contribution in [-0.2, 0) is 6.42 Å². The second kappa shape index (κ2) is 8.71. The molecule has 18 heavy (non-hydrogen) atoms. The van der Waals surface area contributed by atoms with E-state index in [9.17, 15) is 0 Å². The second-order valence-electron chi connectivity index (χ2n) is 3.68. The Morgan fingerprint density at radius 2 is 2.00 bits per heavy atom. The van der Waals surface area contributed by atoms with Gasteiger partial charge in [0, 0.05) is 5.75 Å². The fraction of sp³-hybridized carbons (Fsp3) is 0.500. The highest BCUT2D eigenvalue weighted by atomic mass is 32.2. The Morgan fingerprint density at radius 3 is 2.67 bits per heavy atom. The molecule has 1 rings (SSSR count). The van der Waals surface area contributed by atoms with Crippen molar-refractivity contribution in [1.29, 1.82) is 5.26 Å². The maximum atomic E-state index is 8.48. The molecule has 0 fully saturated rings. The number of hydrogen-bond acceptors (Lipinski definition) is 4. The lowest BCUT2D eigenvalue weighted by atomic mass is 10.1. The Bertz CT molecular complexity index is 401. The molecule has 1 aromatic carbocycles. The average molecular weight is 265 g/mol. The monoisotopic (exact) mass is 265 g/mol. The molecule has 0 saturated carbocycles. The van der Waals surface area contributed by atoms with Gasteiger partial charge in [-0.1, -0.05) is 0 Å². The summed E-state index contributed by atoms with van der Waals surface area (Å²) in [6.45, 7) is 5.27. The first kappa shape index (κ1) is 14.7. The van der Waals surface area contributed by atoms with E-state index in [-0.39, 0.29) is 0 Å². The number of thiocyanates is 1. The van der Waals surface area contributed by atoms with Gasteiger partial charge >= 0.3 is 0 Å². The first-order valence-electron chi connectivity index (χ1n) is 6.21. The number of nitrogens with zero attached hydrogens (tertiary/aromatic N) is 1. The van der Waals surface area contributed by atoms with Crippen molar-refractivity contribution < 1.29 is 9.47 Å². The molecule has 0 saturated heterocycles. The van der Waals surface area contributed by atoms with Gasteiger partial charge in [0.25, 0.3) is 0 Å². The summed E-state index contributed by atoms with van der Waals surface area (Å²) in [5.74, 6) is 2.65. The number of nitriles is 1. The van der Waals surface area contributed by atoms with Crippen LogP contribution in [0.2, 0.25) is 0 Å². The molecule has 0 aliphatic rings. The zero-order valence-electron chi connectivity index (χ0n) is 10.9. The SMILES string of the molecule is CCOc1ccc(OCC)c(CCCSC#N)c1. The van der Waals surface area contributed by atoms with E-state index in [0.717, 1.165) is 35.7 Å².